The minimum absolute atomic E-state index is 0.0995. The number of hydrogen-bond donors (Lipinski definition) is 2. The number of aromatic nitrogens is 3. The SMILES string of the molecule is CCOc1ccc([C@@H]2Nn3c(nnc3-c3ccccc3)S[C@H]2C(=O)Nc2cccc(C)c2)cc1. The lowest BCUT2D eigenvalue weighted by Gasteiger charge is -2.33. The Morgan fingerprint density at radius 2 is 1.85 bits per heavy atom. The molecule has 8 heteroatoms. The molecule has 2 heterocycles. The summed E-state index contributed by atoms with van der Waals surface area (Å²) in [4.78, 5) is 13.5. The second-order valence-electron chi connectivity index (χ2n) is 8.01. The van der Waals surface area contributed by atoms with E-state index in [0.717, 1.165) is 28.1 Å². The fourth-order valence-corrected chi connectivity index (χ4v) is 5.03. The molecule has 5 rings (SSSR count). The number of aryl methyl sites for hydroxylation is 1. The molecule has 4 aromatic rings. The number of anilines is 1. The Hall–Kier alpha value is -3.78. The maximum Gasteiger partial charge on any atom is 0.240 e. The molecule has 1 amide bonds. The molecule has 1 aliphatic rings. The highest BCUT2D eigenvalue weighted by atomic mass is 32.2. The molecule has 0 spiro atoms. The number of thioether (sulfide) groups is 1. The van der Waals surface area contributed by atoms with Gasteiger partial charge in [0.1, 0.15) is 11.0 Å². The van der Waals surface area contributed by atoms with Gasteiger partial charge in [-0.15, -0.1) is 10.2 Å². The van der Waals surface area contributed by atoms with Crippen LogP contribution in [0.5, 0.6) is 5.75 Å². The van der Waals surface area contributed by atoms with E-state index in [1.54, 1.807) is 0 Å². The number of ether oxygens (including phenoxy) is 1. The van der Waals surface area contributed by atoms with Gasteiger partial charge in [0.25, 0.3) is 0 Å². The first-order valence-electron chi connectivity index (χ1n) is 11.2. The van der Waals surface area contributed by atoms with Crippen LogP contribution in [0.4, 0.5) is 5.69 Å². The van der Waals surface area contributed by atoms with Crippen LogP contribution < -0.4 is 15.5 Å². The minimum Gasteiger partial charge on any atom is -0.494 e. The predicted octanol–water partition coefficient (Wildman–Crippen LogP) is 5.05. The standard InChI is InChI=1S/C26H25N5O2S/c1-3-33-21-14-12-18(13-15-21)22-23(25(32)27-20-11-7-8-17(2)16-20)34-26-29-28-24(31(26)30-22)19-9-5-4-6-10-19/h4-16,22-23,30H,3H2,1-2H3,(H,27,32)/t22-,23+/m0/s1. The predicted molar refractivity (Wildman–Crippen MR) is 135 cm³/mol. The molecule has 2 atom stereocenters. The van der Waals surface area contributed by atoms with Gasteiger partial charge in [-0.3, -0.25) is 4.79 Å². The van der Waals surface area contributed by atoms with Gasteiger partial charge >= 0.3 is 0 Å². The lowest BCUT2D eigenvalue weighted by molar-refractivity contribution is -0.116. The Labute approximate surface area is 202 Å². The molecule has 3 aromatic carbocycles. The molecular formula is C26H25N5O2S. The average molecular weight is 472 g/mol. The van der Waals surface area contributed by atoms with Crippen LogP contribution in [0.3, 0.4) is 0 Å². The van der Waals surface area contributed by atoms with E-state index in [4.69, 9.17) is 4.74 Å². The summed E-state index contributed by atoms with van der Waals surface area (Å²) in [6.45, 7) is 4.56. The van der Waals surface area contributed by atoms with E-state index in [-0.39, 0.29) is 11.9 Å². The average Bonchev–Trinajstić information content (AvgIpc) is 3.27. The maximum absolute atomic E-state index is 13.5. The van der Waals surface area contributed by atoms with Gasteiger partial charge in [-0.2, -0.15) is 0 Å². The van der Waals surface area contributed by atoms with E-state index in [9.17, 15) is 4.79 Å². The van der Waals surface area contributed by atoms with Gasteiger partial charge in [0.15, 0.2) is 5.82 Å². The third kappa shape index (κ3) is 4.49. The highest BCUT2D eigenvalue weighted by Crippen LogP contribution is 2.39. The summed E-state index contributed by atoms with van der Waals surface area (Å²) in [6.07, 6.45) is 0. The third-order valence-electron chi connectivity index (χ3n) is 5.56. The molecule has 1 aromatic heterocycles. The largest absolute Gasteiger partial charge is 0.494 e. The molecule has 2 N–H and O–H groups in total. The van der Waals surface area contributed by atoms with Gasteiger partial charge in [-0.25, -0.2) is 4.68 Å². The van der Waals surface area contributed by atoms with Crippen molar-refractivity contribution in [1.82, 2.24) is 14.9 Å². The van der Waals surface area contributed by atoms with Gasteiger partial charge in [0.2, 0.25) is 11.1 Å². The van der Waals surface area contributed by atoms with Gasteiger partial charge in [-0.05, 0) is 49.2 Å². The second-order valence-corrected chi connectivity index (χ2v) is 9.12. The first-order chi connectivity index (χ1) is 16.6. The van der Waals surface area contributed by atoms with Crippen LogP contribution in [0.1, 0.15) is 24.1 Å². The lowest BCUT2D eigenvalue weighted by atomic mass is 10.0. The molecule has 0 fully saturated rings. The van der Waals surface area contributed by atoms with E-state index >= 15 is 0 Å². The smallest absolute Gasteiger partial charge is 0.240 e. The molecule has 0 unspecified atom stereocenters. The van der Waals surface area contributed by atoms with E-state index in [1.807, 2.05) is 97.4 Å². The normalized spacial score (nSPS) is 16.9. The van der Waals surface area contributed by atoms with Gasteiger partial charge < -0.3 is 15.5 Å². The fourth-order valence-electron chi connectivity index (χ4n) is 3.95. The van der Waals surface area contributed by atoms with Gasteiger partial charge in [0, 0.05) is 11.3 Å². The summed E-state index contributed by atoms with van der Waals surface area (Å²) in [5.41, 5.74) is 7.28. The fraction of sp³-hybridized carbons (Fsp3) is 0.192. The van der Waals surface area contributed by atoms with Crippen LogP contribution in [-0.4, -0.2) is 32.6 Å². The van der Waals surface area contributed by atoms with Crippen molar-refractivity contribution in [3.05, 3.63) is 90.0 Å². The third-order valence-corrected chi connectivity index (χ3v) is 6.78. The molecule has 7 nitrogen and oxygen atoms in total. The summed E-state index contributed by atoms with van der Waals surface area (Å²) in [7, 11) is 0. The Morgan fingerprint density at radius 1 is 1.06 bits per heavy atom. The molecule has 172 valence electrons. The number of amides is 1. The van der Waals surface area contributed by atoms with Crippen molar-refractivity contribution in [1.29, 1.82) is 0 Å². The summed E-state index contributed by atoms with van der Waals surface area (Å²) in [5, 5.41) is 12.0. The van der Waals surface area contributed by atoms with E-state index < -0.39 is 5.25 Å². The number of benzene rings is 3. The van der Waals surface area contributed by atoms with Crippen molar-refractivity contribution in [3.8, 4) is 17.1 Å². The molecule has 0 aliphatic carbocycles. The number of hydrogen-bond acceptors (Lipinski definition) is 6. The number of nitrogens with zero attached hydrogens (tertiary/aromatic N) is 3. The number of fused-ring (bicyclic) bond motifs is 1. The lowest BCUT2D eigenvalue weighted by Crippen LogP contribution is -2.41. The van der Waals surface area contributed by atoms with Crippen molar-refractivity contribution < 1.29 is 9.53 Å². The van der Waals surface area contributed by atoms with Crippen molar-refractivity contribution in [2.75, 3.05) is 17.3 Å². The molecular weight excluding hydrogens is 446 g/mol. The second kappa shape index (κ2) is 9.61. The highest BCUT2D eigenvalue weighted by Gasteiger charge is 2.38. The zero-order chi connectivity index (χ0) is 23.5. The van der Waals surface area contributed by atoms with Crippen molar-refractivity contribution >= 4 is 23.4 Å². The highest BCUT2D eigenvalue weighted by molar-refractivity contribution is 8.00. The van der Waals surface area contributed by atoms with Crippen LogP contribution >= 0.6 is 11.8 Å². The van der Waals surface area contributed by atoms with Gasteiger partial charge in [0.05, 0.1) is 12.6 Å². The number of nitrogens with one attached hydrogen (secondary N) is 2. The van der Waals surface area contributed by atoms with Gasteiger partial charge in [-0.1, -0.05) is 66.4 Å². The number of rotatable bonds is 6. The van der Waals surface area contributed by atoms with E-state index in [0.29, 0.717) is 17.6 Å². The van der Waals surface area contributed by atoms with Crippen LogP contribution in [-0.2, 0) is 4.79 Å². The number of carbonyl (C=O) groups excluding carboxylic acids is 1. The Bertz CT molecular complexity index is 1290. The molecule has 0 bridgehead atoms. The molecule has 34 heavy (non-hydrogen) atoms. The Morgan fingerprint density at radius 3 is 2.59 bits per heavy atom. The minimum atomic E-state index is -0.459. The summed E-state index contributed by atoms with van der Waals surface area (Å²) in [5.74, 6) is 1.40. The Kier molecular flexibility index (Phi) is 6.22. The van der Waals surface area contributed by atoms with E-state index in [2.05, 4.69) is 20.9 Å². The first-order valence-corrected chi connectivity index (χ1v) is 12.0. The monoisotopic (exact) mass is 471 g/mol. The van der Waals surface area contributed by atoms with Crippen LogP contribution in [0.2, 0.25) is 0 Å². The topological polar surface area (TPSA) is 81.1 Å². The summed E-state index contributed by atoms with van der Waals surface area (Å²) < 4.78 is 7.48. The first kappa shape index (κ1) is 22.0. The molecule has 0 saturated carbocycles. The van der Waals surface area contributed by atoms with Crippen LogP contribution in [0.25, 0.3) is 11.4 Å². The van der Waals surface area contributed by atoms with E-state index in [1.165, 1.54) is 11.8 Å². The van der Waals surface area contributed by atoms with Crippen LogP contribution in [0.15, 0.2) is 84.0 Å². The quantitative estimate of drug-likeness (QED) is 0.410. The number of carbonyl (C=O) groups is 1. The van der Waals surface area contributed by atoms with Crippen molar-refractivity contribution in [2.24, 2.45) is 0 Å². The summed E-state index contributed by atoms with van der Waals surface area (Å²) in [6, 6.07) is 25.2. The molecule has 0 radical (unpaired) electrons. The molecule has 0 saturated heterocycles. The summed E-state index contributed by atoms with van der Waals surface area (Å²) >= 11 is 1.41. The van der Waals surface area contributed by atoms with Crippen molar-refractivity contribution in [3.63, 3.8) is 0 Å². The maximum atomic E-state index is 13.5. The van der Waals surface area contributed by atoms with Crippen molar-refractivity contribution in [2.45, 2.75) is 30.3 Å². The Balaban J connectivity index is 1.50. The van der Waals surface area contributed by atoms with Crippen LogP contribution in [0, 0.1) is 6.92 Å². The zero-order valence-electron chi connectivity index (χ0n) is 18.9. The zero-order valence-corrected chi connectivity index (χ0v) is 19.8. The molecule has 1 aliphatic heterocycles.